The molecule has 0 saturated heterocycles. The van der Waals surface area contributed by atoms with Crippen molar-refractivity contribution in [1.82, 2.24) is 0 Å². The van der Waals surface area contributed by atoms with Crippen LogP contribution in [0.5, 0.6) is 0 Å². The van der Waals surface area contributed by atoms with Crippen LogP contribution in [0.4, 0.5) is 0 Å². The topological polar surface area (TPSA) is 26.0 Å². The maximum Gasteiger partial charge on any atom is 0.0317 e. The van der Waals surface area contributed by atoms with Gasteiger partial charge in [0.05, 0.1) is 0 Å². The number of hydrogen-bond acceptors (Lipinski definition) is 1. The maximum absolute atomic E-state index is 5.59. The zero-order chi connectivity index (χ0) is 26.6. The van der Waals surface area contributed by atoms with E-state index >= 15 is 0 Å². The van der Waals surface area contributed by atoms with Gasteiger partial charge in [-0.15, -0.1) is 0 Å². The van der Waals surface area contributed by atoms with Gasteiger partial charge in [-0.25, -0.2) is 0 Å². The normalized spacial score (nSPS) is 10.4. The molecule has 1 unspecified atom stereocenters. The fraction of sp³-hybridized carbons (Fsp3) is 0.412. The first-order chi connectivity index (χ1) is 16.6. The molecule has 1 nitrogen and oxygen atoms in total. The Hall–Kier alpha value is -2.80. The average molecular weight is 474 g/mol. The van der Waals surface area contributed by atoms with E-state index in [4.69, 9.17) is 5.73 Å². The van der Waals surface area contributed by atoms with Gasteiger partial charge >= 0.3 is 0 Å². The van der Waals surface area contributed by atoms with Gasteiger partial charge in [0.15, 0.2) is 0 Å². The molecule has 2 N–H and O–H groups in total. The number of unbranched alkanes of at least 4 members (excludes halogenated alkanes) is 2. The van der Waals surface area contributed by atoms with Gasteiger partial charge in [0, 0.05) is 5.70 Å². The molecule has 0 aromatic heterocycles. The molecule has 0 saturated carbocycles. The van der Waals surface area contributed by atoms with Crippen molar-refractivity contribution >= 4 is 5.70 Å². The summed E-state index contributed by atoms with van der Waals surface area (Å²) in [4.78, 5) is 0. The molecule has 0 aliphatic rings. The third-order valence-corrected chi connectivity index (χ3v) is 5.90. The lowest BCUT2D eigenvalue weighted by molar-refractivity contribution is 0.482. The van der Waals surface area contributed by atoms with Crippen molar-refractivity contribution in [2.24, 2.45) is 11.7 Å². The van der Waals surface area contributed by atoms with E-state index in [2.05, 4.69) is 103 Å². The van der Waals surface area contributed by atoms with Gasteiger partial charge in [0.2, 0.25) is 0 Å². The van der Waals surface area contributed by atoms with Crippen LogP contribution in [0.2, 0.25) is 0 Å². The zero-order valence-corrected chi connectivity index (χ0v) is 23.8. The number of nitrogens with two attached hydrogens (primary N) is 1. The molecule has 0 heterocycles. The largest absolute Gasteiger partial charge is 0.399 e. The number of benzene rings is 3. The Morgan fingerprint density at radius 3 is 1.57 bits per heavy atom. The molecule has 0 radical (unpaired) electrons. The summed E-state index contributed by atoms with van der Waals surface area (Å²) in [6, 6.07) is 24.9. The molecule has 3 rings (SSSR count). The Balaban J connectivity index is 0.000000446. The second kappa shape index (κ2) is 19.5. The molecule has 1 heteroatoms. The van der Waals surface area contributed by atoms with Crippen LogP contribution in [0, 0.1) is 40.5 Å². The van der Waals surface area contributed by atoms with Crippen molar-refractivity contribution < 1.29 is 0 Å². The summed E-state index contributed by atoms with van der Waals surface area (Å²) < 4.78 is 0. The third-order valence-electron chi connectivity index (χ3n) is 5.90. The van der Waals surface area contributed by atoms with Crippen molar-refractivity contribution in [2.45, 2.75) is 87.5 Å². The summed E-state index contributed by atoms with van der Waals surface area (Å²) in [5.41, 5.74) is 13.7. The van der Waals surface area contributed by atoms with Crippen LogP contribution in [0.3, 0.4) is 0 Å². The van der Waals surface area contributed by atoms with Crippen molar-refractivity contribution in [3.63, 3.8) is 0 Å². The van der Waals surface area contributed by atoms with E-state index in [1.807, 2.05) is 32.0 Å². The van der Waals surface area contributed by atoms with Crippen LogP contribution in [-0.4, -0.2) is 0 Å². The lowest BCUT2D eigenvalue weighted by Crippen LogP contribution is -1.96. The van der Waals surface area contributed by atoms with E-state index in [9.17, 15) is 0 Å². The molecule has 1 atom stereocenters. The van der Waals surface area contributed by atoms with E-state index in [1.165, 1.54) is 59.9 Å². The monoisotopic (exact) mass is 473 g/mol. The first-order valence-corrected chi connectivity index (χ1v) is 13.2. The van der Waals surface area contributed by atoms with Crippen molar-refractivity contribution in [3.05, 3.63) is 113 Å². The fourth-order valence-electron chi connectivity index (χ4n) is 3.20. The zero-order valence-electron chi connectivity index (χ0n) is 23.8. The molecule has 0 bridgehead atoms. The van der Waals surface area contributed by atoms with Crippen LogP contribution in [-0.2, 0) is 0 Å². The first-order valence-electron chi connectivity index (χ1n) is 13.2. The molecule has 0 aliphatic heterocycles. The Kier molecular flexibility index (Phi) is 17.9. The number of rotatable bonds is 6. The molecular formula is C34H51N. The smallest absolute Gasteiger partial charge is 0.0317 e. The fourth-order valence-corrected chi connectivity index (χ4v) is 3.20. The van der Waals surface area contributed by atoms with Crippen LogP contribution >= 0.6 is 0 Å². The number of aryl methyl sites for hydroxylation is 5. The van der Waals surface area contributed by atoms with Crippen molar-refractivity contribution in [1.29, 1.82) is 0 Å². The molecule has 0 amide bonds. The summed E-state index contributed by atoms with van der Waals surface area (Å²) in [5, 5.41) is 0. The predicted octanol–water partition coefficient (Wildman–Crippen LogP) is 10.1. The Labute approximate surface area is 217 Å². The second-order valence-electron chi connectivity index (χ2n) is 9.66. The highest BCUT2D eigenvalue weighted by Crippen LogP contribution is 2.14. The Bertz CT molecular complexity index is 902. The van der Waals surface area contributed by atoms with E-state index < -0.39 is 0 Å². The standard InChI is InChI=1S/C10H13N.C9H20.C8H10.C7H8/c1-7-4-5-8(2)10(6-7)9(3)11;1-4-6-7-8-9(3)5-2;1-7-3-5-8(2)6-4-7;1-7-5-3-2-4-6-7/h4-6H,3,11H2,1-2H3;9H,4-8H2,1-3H3;3-6H,1-2H3;2-6H,1H3. The van der Waals surface area contributed by atoms with Gasteiger partial charge in [-0.05, 0) is 57.7 Å². The predicted molar refractivity (Wildman–Crippen MR) is 160 cm³/mol. The van der Waals surface area contributed by atoms with Gasteiger partial charge in [0.1, 0.15) is 0 Å². The van der Waals surface area contributed by atoms with Crippen molar-refractivity contribution in [3.8, 4) is 0 Å². The summed E-state index contributed by atoms with van der Waals surface area (Å²) in [7, 11) is 0. The van der Waals surface area contributed by atoms with E-state index in [-0.39, 0.29) is 0 Å². The minimum Gasteiger partial charge on any atom is -0.399 e. The molecule has 0 aliphatic carbocycles. The maximum atomic E-state index is 5.59. The van der Waals surface area contributed by atoms with Crippen LogP contribution in [0.1, 0.15) is 86.3 Å². The minimum absolute atomic E-state index is 0.645. The minimum atomic E-state index is 0.645. The van der Waals surface area contributed by atoms with Gasteiger partial charge < -0.3 is 5.73 Å². The first kappa shape index (κ1) is 32.2. The highest BCUT2D eigenvalue weighted by molar-refractivity contribution is 5.63. The lowest BCUT2D eigenvalue weighted by atomic mass is 10.0. The molecule has 0 fully saturated rings. The highest BCUT2D eigenvalue weighted by atomic mass is 14.6. The van der Waals surface area contributed by atoms with Gasteiger partial charge in [-0.3, -0.25) is 0 Å². The molecule has 0 spiro atoms. The lowest BCUT2D eigenvalue weighted by Gasteiger charge is -2.05. The van der Waals surface area contributed by atoms with Gasteiger partial charge in [0.25, 0.3) is 0 Å². The molecule has 3 aromatic carbocycles. The SMILES string of the molecule is C=C(N)c1cc(C)ccc1C.CCCCCC(C)CC.Cc1ccc(C)cc1.Cc1ccccc1. The molecule has 192 valence electrons. The van der Waals surface area contributed by atoms with E-state index in [1.54, 1.807) is 0 Å². The van der Waals surface area contributed by atoms with Gasteiger partial charge in [-0.1, -0.05) is 148 Å². The molecular weight excluding hydrogens is 422 g/mol. The van der Waals surface area contributed by atoms with Crippen LogP contribution in [0.25, 0.3) is 5.70 Å². The van der Waals surface area contributed by atoms with Crippen LogP contribution in [0.15, 0.2) is 79.4 Å². The van der Waals surface area contributed by atoms with E-state index in [0.717, 1.165) is 11.5 Å². The average Bonchev–Trinajstić information content (AvgIpc) is 2.84. The summed E-state index contributed by atoms with van der Waals surface area (Å²) in [6.07, 6.45) is 7.00. The summed E-state index contributed by atoms with van der Waals surface area (Å²) >= 11 is 0. The number of hydrogen-bond donors (Lipinski definition) is 1. The summed E-state index contributed by atoms with van der Waals surface area (Å²) in [6.45, 7) is 20.9. The molecule has 3 aromatic rings. The quantitative estimate of drug-likeness (QED) is 0.354. The molecule has 35 heavy (non-hydrogen) atoms. The van der Waals surface area contributed by atoms with Gasteiger partial charge in [-0.2, -0.15) is 0 Å². The van der Waals surface area contributed by atoms with Crippen LogP contribution < -0.4 is 5.73 Å². The Morgan fingerprint density at radius 2 is 1.20 bits per heavy atom. The van der Waals surface area contributed by atoms with E-state index in [0.29, 0.717) is 5.70 Å². The summed E-state index contributed by atoms with van der Waals surface area (Å²) in [5.74, 6) is 0.955. The highest BCUT2D eigenvalue weighted by Gasteiger charge is 1.98. The second-order valence-corrected chi connectivity index (χ2v) is 9.66. The Morgan fingerprint density at radius 1 is 0.714 bits per heavy atom. The third kappa shape index (κ3) is 17.3. The van der Waals surface area contributed by atoms with Crippen molar-refractivity contribution in [2.75, 3.05) is 0 Å².